The number of anilines is 1. The summed E-state index contributed by atoms with van der Waals surface area (Å²) in [5.74, 6) is -1.91. The molecule has 10 nitrogen and oxygen atoms in total. The predicted octanol–water partition coefficient (Wildman–Crippen LogP) is -0.455. The van der Waals surface area contributed by atoms with Crippen LogP contribution in [0.1, 0.15) is 37.5 Å². The zero-order chi connectivity index (χ0) is 17.6. The van der Waals surface area contributed by atoms with Crippen molar-refractivity contribution in [2.24, 2.45) is 5.73 Å². The van der Waals surface area contributed by atoms with Crippen LogP contribution in [0.15, 0.2) is 6.33 Å². The molecule has 2 saturated heterocycles. The number of carbonyl (C=O) groups excluding carboxylic acids is 2. The minimum absolute atomic E-state index is 0.0176. The second kappa shape index (κ2) is 5.72. The van der Waals surface area contributed by atoms with Crippen LogP contribution >= 0.6 is 0 Å². The molecule has 4 N–H and O–H groups in total. The van der Waals surface area contributed by atoms with E-state index in [2.05, 4.69) is 4.98 Å². The number of nitrogens with zero attached hydrogens (tertiary/aromatic N) is 2. The van der Waals surface area contributed by atoms with Crippen LogP contribution in [0, 0.1) is 0 Å². The van der Waals surface area contributed by atoms with Crippen LogP contribution in [0.2, 0.25) is 0 Å². The van der Waals surface area contributed by atoms with Gasteiger partial charge in [0.25, 0.3) is 5.91 Å². The molecule has 1 amide bonds. The second-order valence-corrected chi connectivity index (χ2v) is 6.18. The van der Waals surface area contributed by atoms with Gasteiger partial charge in [-0.15, -0.1) is 0 Å². The third-order valence-electron chi connectivity index (χ3n) is 3.92. The number of amides is 1. The zero-order valence-corrected chi connectivity index (χ0v) is 13.6. The Labute approximate surface area is 138 Å². The Hall–Kier alpha value is -2.17. The van der Waals surface area contributed by atoms with E-state index >= 15 is 0 Å². The van der Waals surface area contributed by atoms with Crippen LogP contribution in [0.5, 0.6) is 0 Å². The number of esters is 1. The highest BCUT2D eigenvalue weighted by Gasteiger charge is 2.56. The number of fused-ring (bicyclic) bond motifs is 1. The average molecular weight is 340 g/mol. The molecule has 3 heterocycles. The summed E-state index contributed by atoms with van der Waals surface area (Å²) in [4.78, 5) is 26.3. The summed E-state index contributed by atoms with van der Waals surface area (Å²) in [6.45, 7) is 4.88. The first-order valence-electron chi connectivity index (χ1n) is 7.46. The van der Waals surface area contributed by atoms with Crippen molar-refractivity contribution in [2.75, 3.05) is 12.3 Å². The zero-order valence-electron chi connectivity index (χ0n) is 13.6. The molecular weight excluding hydrogens is 320 g/mol. The maximum atomic E-state index is 11.3. The fraction of sp³-hybridized carbons (Fsp3) is 0.643. The Morgan fingerprint density at radius 2 is 2.04 bits per heavy atom. The number of primary amides is 1. The van der Waals surface area contributed by atoms with E-state index in [0.29, 0.717) is 0 Å². The second-order valence-electron chi connectivity index (χ2n) is 6.18. The minimum atomic E-state index is -0.826. The maximum Gasteiger partial charge on any atom is 0.302 e. The molecule has 0 radical (unpaired) electrons. The van der Waals surface area contributed by atoms with Gasteiger partial charge in [-0.2, -0.15) is 0 Å². The molecule has 2 fully saturated rings. The largest absolute Gasteiger partial charge is 0.463 e. The number of carbonyl (C=O) groups is 2. The van der Waals surface area contributed by atoms with Crippen LogP contribution in [0.4, 0.5) is 5.82 Å². The van der Waals surface area contributed by atoms with E-state index in [1.54, 1.807) is 13.8 Å². The highest BCUT2D eigenvalue weighted by Crippen LogP contribution is 2.43. The van der Waals surface area contributed by atoms with Crippen LogP contribution < -0.4 is 11.5 Å². The molecule has 24 heavy (non-hydrogen) atoms. The van der Waals surface area contributed by atoms with E-state index < -0.39 is 42.2 Å². The van der Waals surface area contributed by atoms with E-state index in [0.717, 1.165) is 0 Å². The molecule has 2 aliphatic rings. The molecule has 132 valence electrons. The molecule has 0 bridgehead atoms. The minimum Gasteiger partial charge on any atom is -0.463 e. The first kappa shape index (κ1) is 16.7. The van der Waals surface area contributed by atoms with Gasteiger partial charge in [-0.25, -0.2) is 4.98 Å². The molecule has 1 aromatic heterocycles. The van der Waals surface area contributed by atoms with E-state index in [4.69, 9.17) is 30.4 Å². The van der Waals surface area contributed by atoms with Gasteiger partial charge >= 0.3 is 5.97 Å². The predicted molar refractivity (Wildman–Crippen MR) is 79.5 cm³/mol. The summed E-state index contributed by atoms with van der Waals surface area (Å²) < 4.78 is 24.1. The lowest BCUT2D eigenvalue weighted by molar-refractivity contribution is -0.202. The maximum absolute atomic E-state index is 11.3. The SMILES string of the molecule is CC(=O)OC[C@H]1O[C@@H](n2cnc(C(N)=O)c2N)[C@@H]2OC(C)(C)O[C@@H]21. The number of hydrogen-bond acceptors (Lipinski definition) is 8. The summed E-state index contributed by atoms with van der Waals surface area (Å²) in [6.07, 6.45) is -0.816. The van der Waals surface area contributed by atoms with Crippen molar-refractivity contribution in [3.05, 3.63) is 12.0 Å². The molecule has 0 aliphatic carbocycles. The van der Waals surface area contributed by atoms with E-state index in [9.17, 15) is 9.59 Å². The Bertz CT molecular complexity index is 672. The van der Waals surface area contributed by atoms with Gasteiger partial charge in [-0.05, 0) is 13.8 Å². The van der Waals surface area contributed by atoms with Gasteiger partial charge in [0.1, 0.15) is 30.7 Å². The van der Waals surface area contributed by atoms with Gasteiger partial charge in [-0.1, -0.05) is 0 Å². The monoisotopic (exact) mass is 340 g/mol. The Kier molecular flexibility index (Phi) is 3.98. The Morgan fingerprint density at radius 1 is 1.38 bits per heavy atom. The van der Waals surface area contributed by atoms with E-state index in [1.165, 1.54) is 17.8 Å². The Morgan fingerprint density at radius 3 is 2.62 bits per heavy atom. The smallest absolute Gasteiger partial charge is 0.302 e. The summed E-state index contributed by atoms with van der Waals surface area (Å²) in [6, 6.07) is 0. The van der Waals surface area contributed by atoms with Crippen LogP contribution in [-0.4, -0.2) is 52.1 Å². The third kappa shape index (κ3) is 2.83. The molecule has 1 aromatic rings. The first-order valence-corrected chi connectivity index (χ1v) is 7.46. The Balaban J connectivity index is 1.88. The van der Waals surface area contributed by atoms with Gasteiger partial charge in [-0.3, -0.25) is 14.2 Å². The van der Waals surface area contributed by atoms with Crippen LogP contribution in [0.3, 0.4) is 0 Å². The number of nitrogens with two attached hydrogens (primary N) is 2. The fourth-order valence-electron chi connectivity index (χ4n) is 2.98. The first-order chi connectivity index (χ1) is 11.2. The standard InChI is InChI=1S/C14H20N4O6/c1-6(19)21-4-7-9-10(24-14(2,3)23-9)13(22-7)18-5-17-8(11(18)15)12(16)20/h5,7,9-10,13H,4,15H2,1-3H3,(H2,16,20)/t7-,9-,10-,13-/m1/s1. The van der Waals surface area contributed by atoms with Crippen molar-refractivity contribution < 1.29 is 28.5 Å². The van der Waals surface area contributed by atoms with Crippen molar-refractivity contribution >= 4 is 17.7 Å². The van der Waals surface area contributed by atoms with Crippen molar-refractivity contribution in [2.45, 2.75) is 51.1 Å². The number of rotatable bonds is 4. The van der Waals surface area contributed by atoms with E-state index in [-0.39, 0.29) is 18.1 Å². The molecule has 0 aromatic carbocycles. The van der Waals surface area contributed by atoms with Gasteiger partial charge < -0.3 is 30.4 Å². The van der Waals surface area contributed by atoms with Gasteiger partial charge in [0.15, 0.2) is 17.7 Å². The summed E-state index contributed by atoms with van der Waals surface area (Å²) in [5.41, 5.74) is 11.1. The molecule has 0 spiro atoms. The number of aromatic nitrogens is 2. The van der Waals surface area contributed by atoms with Crippen LogP contribution in [-0.2, 0) is 23.7 Å². The van der Waals surface area contributed by atoms with Gasteiger partial charge in [0.2, 0.25) is 0 Å². The topological polar surface area (TPSA) is 141 Å². The third-order valence-corrected chi connectivity index (χ3v) is 3.92. The summed E-state index contributed by atoms with van der Waals surface area (Å²) >= 11 is 0. The average Bonchev–Trinajstić information content (AvgIpc) is 3.07. The van der Waals surface area contributed by atoms with Crippen molar-refractivity contribution in [3.63, 3.8) is 0 Å². The van der Waals surface area contributed by atoms with Crippen molar-refractivity contribution in [3.8, 4) is 0 Å². The molecular formula is C14H20N4O6. The molecule has 10 heteroatoms. The molecule has 2 aliphatic heterocycles. The molecule has 4 atom stereocenters. The lowest BCUT2D eigenvalue weighted by atomic mass is 10.1. The van der Waals surface area contributed by atoms with Crippen molar-refractivity contribution in [1.82, 2.24) is 9.55 Å². The number of nitrogen functional groups attached to an aromatic ring is 1. The fourth-order valence-corrected chi connectivity index (χ4v) is 2.98. The van der Waals surface area contributed by atoms with Crippen LogP contribution in [0.25, 0.3) is 0 Å². The van der Waals surface area contributed by atoms with E-state index in [1.807, 2.05) is 0 Å². The molecule has 0 unspecified atom stereocenters. The molecule has 0 saturated carbocycles. The van der Waals surface area contributed by atoms with Gasteiger partial charge in [0, 0.05) is 6.92 Å². The molecule has 3 rings (SSSR count). The summed E-state index contributed by atoms with van der Waals surface area (Å²) in [7, 11) is 0. The number of hydrogen-bond donors (Lipinski definition) is 2. The quantitative estimate of drug-likeness (QED) is 0.702. The highest BCUT2D eigenvalue weighted by atomic mass is 16.8. The van der Waals surface area contributed by atoms with Crippen molar-refractivity contribution in [1.29, 1.82) is 0 Å². The lowest BCUT2D eigenvalue weighted by Gasteiger charge is -2.24. The highest BCUT2D eigenvalue weighted by molar-refractivity contribution is 5.95. The number of ether oxygens (including phenoxy) is 4. The van der Waals surface area contributed by atoms with Gasteiger partial charge in [0.05, 0.1) is 6.33 Å². The normalized spacial score (nSPS) is 31.0. The lowest BCUT2D eigenvalue weighted by Crippen LogP contribution is -2.33. The number of imidazole rings is 1. The summed E-state index contributed by atoms with van der Waals surface area (Å²) in [5, 5.41) is 0.